The van der Waals surface area contributed by atoms with Gasteiger partial charge in [-0.25, -0.2) is 4.98 Å². The number of carbonyl (C=O) groups is 1. The van der Waals surface area contributed by atoms with Crippen LogP contribution in [0.25, 0.3) is 39.4 Å². The van der Waals surface area contributed by atoms with Crippen LogP contribution in [-0.4, -0.2) is 10.9 Å². The molecule has 5 aromatic rings. The lowest BCUT2D eigenvalue weighted by atomic mass is 10.1. The Morgan fingerprint density at radius 3 is 2.55 bits per heavy atom. The number of nitriles is 1. The van der Waals surface area contributed by atoms with E-state index in [9.17, 15) is 10.1 Å². The number of nitrogens with one attached hydrogen (secondary N) is 1. The number of aromatic nitrogens is 1. The summed E-state index contributed by atoms with van der Waals surface area (Å²) in [6.45, 7) is 0. The van der Waals surface area contributed by atoms with E-state index in [-0.39, 0.29) is 5.57 Å². The number of hydrogen-bond donors (Lipinski definition) is 1. The highest BCUT2D eigenvalue weighted by atomic mass is 35.5. The van der Waals surface area contributed by atoms with E-state index in [0.29, 0.717) is 33.3 Å². The Morgan fingerprint density at radius 2 is 1.73 bits per heavy atom. The van der Waals surface area contributed by atoms with Gasteiger partial charge in [0.05, 0.1) is 11.3 Å². The van der Waals surface area contributed by atoms with E-state index in [0.717, 1.165) is 16.3 Å². The van der Waals surface area contributed by atoms with E-state index >= 15 is 0 Å². The van der Waals surface area contributed by atoms with Crippen LogP contribution >= 0.6 is 11.6 Å². The fraction of sp³-hybridized carbons (Fsp3) is 0. The van der Waals surface area contributed by atoms with Crippen LogP contribution in [0.15, 0.2) is 94.9 Å². The Bertz CT molecular complexity index is 1580. The first-order valence-electron chi connectivity index (χ1n) is 10.2. The molecule has 1 heterocycles. The van der Waals surface area contributed by atoms with Gasteiger partial charge in [-0.1, -0.05) is 66.2 Å². The molecule has 1 N–H and O–H groups in total. The Morgan fingerprint density at radius 1 is 0.970 bits per heavy atom. The molecule has 0 aliphatic carbocycles. The average molecular weight is 450 g/mol. The van der Waals surface area contributed by atoms with Crippen LogP contribution in [0.5, 0.6) is 0 Å². The van der Waals surface area contributed by atoms with E-state index in [1.165, 1.54) is 6.08 Å². The molecule has 33 heavy (non-hydrogen) atoms. The third-order valence-electron chi connectivity index (χ3n) is 5.23. The maximum absolute atomic E-state index is 12.9. The van der Waals surface area contributed by atoms with Crippen LogP contribution in [0.1, 0.15) is 5.56 Å². The standard InChI is InChI=1S/C27H16ClN3O2/c28-20-12-9-17(10-13-20)15-19(16-29)26(32)30-23-8-4-3-7-22(23)27-31-24-14-11-18-5-1-2-6-21(18)25(24)33-27/h1-15H,(H,30,32). The molecule has 0 atom stereocenters. The van der Waals surface area contributed by atoms with Crippen molar-refractivity contribution in [3.63, 3.8) is 0 Å². The Hall–Kier alpha value is -4.40. The second-order valence-corrected chi connectivity index (χ2v) is 7.81. The van der Waals surface area contributed by atoms with Crippen LogP contribution in [0.4, 0.5) is 5.69 Å². The lowest BCUT2D eigenvalue weighted by Crippen LogP contribution is -2.14. The first kappa shape index (κ1) is 20.5. The first-order chi connectivity index (χ1) is 16.1. The number of halogens is 1. The second kappa shape index (κ2) is 8.62. The lowest BCUT2D eigenvalue weighted by molar-refractivity contribution is -0.112. The fourth-order valence-electron chi connectivity index (χ4n) is 3.61. The molecule has 0 aliphatic rings. The van der Waals surface area contributed by atoms with Crippen molar-refractivity contribution in [1.82, 2.24) is 4.98 Å². The number of anilines is 1. The van der Waals surface area contributed by atoms with Crippen LogP contribution in [-0.2, 0) is 4.79 Å². The molecule has 0 unspecified atom stereocenters. The van der Waals surface area contributed by atoms with Gasteiger partial charge in [-0.05, 0) is 47.4 Å². The fourth-order valence-corrected chi connectivity index (χ4v) is 3.74. The molecule has 0 bridgehead atoms. The van der Waals surface area contributed by atoms with Crippen LogP contribution in [0, 0.1) is 11.3 Å². The Labute approximate surface area is 194 Å². The smallest absolute Gasteiger partial charge is 0.266 e. The van der Waals surface area contributed by atoms with Crippen molar-refractivity contribution >= 4 is 51.1 Å². The molecule has 4 aromatic carbocycles. The number of rotatable bonds is 4. The molecular formula is C27H16ClN3O2. The maximum Gasteiger partial charge on any atom is 0.266 e. The molecule has 0 radical (unpaired) electrons. The van der Waals surface area contributed by atoms with E-state index in [2.05, 4.69) is 10.3 Å². The molecule has 0 saturated carbocycles. The highest BCUT2D eigenvalue weighted by Crippen LogP contribution is 2.33. The molecular weight excluding hydrogens is 434 g/mol. The number of amides is 1. The van der Waals surface area contributed by atoms with Crippen molar-refractivity contribution in [2.24, 2.45) is 0 Å². The number of fused-ring (bicyclic) bond motifs is 3. The molecule has 158 valence electrons. The zero-order valence-electron chi connectivity index (χ0n) is 17.2. The van der Waals surface area contributed by atoms with Crippen molar-refractivity contribution in [3.05, 3.63) is 101 Å². The topological polar surface area (TPSA) is 78.9 Å². The van der Waals surface area contributed by atoms with E-state index in [1.54, 1.807) is 36.4 Å². The van der Waals surface area contributed by atoms with Gasteiger partial charge in [-0.3, -0.25) is 4.79 Å². The third-order valence-corrected chi connectivity index (χ3v) is 5.48. The number of benzene rings is 4. The van der Waals surface area contributed by atoms with Gasteiger partial charge < -0.3 is 9.73 Å². The number of hydrogen-bond acceptors (Lipinski definition) is 4. The predicted octanol–water partition coefficient (Wildman–Crippen LogP) is 6.85. The van der Waals surface area contributed by atoms with E-state index < -0.39 is 5.91 Å². The number of oxazole rings is 1. The Kier molecular flexibility index (Phi) is 5.35. The number of carbonyl (C=O) groups excluding carboxylic acids is 1. The monoisotopic (exact) mass is 449 g/mol. The van der Waals surface area contributed by atoms with Gasteiger partial charge in [0.15, 0.2) is 5.58 Å². The first-order valence-corrected chi connectivity index (χ1v) is 10.6. The molecule has 0 fully saturated rings. The summed E-state index contributed by atoms with van der Waals surface area (Å²) in [7, 11) is 0. The molecule has 0 spiro atoms. The minimum atomic E-state index is -0.526. The summed E-state index contributed by atoms with van der Waals surface area (Å²) in [4.78, 5) is 17.5. The Balaban J connectivity index is 1.50. The van der Waals surface area contributed by atoms with Crippen molar-refractivity contribution in [3.8, 4) is 17.5 Å². The normalized spacial score (nSPS) is 11.5. The maximum atomic E-state index is 12.9. The van der Waals surface area contributed by atoms with Crippen LogP contribution in [0.3, 0.4) is 0 Å². The minimum absolute atomic E-state index is 0.0318. The van der Waals surface area contributed by atoms with Crippen molar-refractivity contribution in [2.75, 3.05) is 5.32 Å². The van der Waals surface area contributed by atoms with Crippen LogP contribution in [0.2, 0.25) is 5.02 Å². The number of nitrogens with zero attached hydrogens (tertiary/aromatic N) is 2. The molecule has 5 nitrogen and oxygen atoms in total. The summed E-state index contributed by atoms with van der Waals surface area (Å²) in [5.74, 6) is -0.140. The van der Waals surface area contributed by atoms with Gasteiger partial charge in [0, 0.05) is 10.4 Å². The molecule has 1 aromatic heterocycles. The van der Waals surface area contributed by atoms with Crippen LogP contribution < -0.4 is 5.32 Å². The van der Waals surface area contributed by atoms with Crippen molar-refractivity contribution in [1.29, 1.82) is 5.26 Å². The lowest BCUT2D eigenvalue weighted by Gasteiger charge is -2.08. The minimum Gasteiger partial charge on any atom is -0.435 e. The zero-order valence-corrected chi connectivity index (χ0v) is 18.0. The summed E-state index contributed by atoms with van der Waals surface area (Å²) < 4.78 is 6.13. The van der Waals surface area contributed by atoms with Gasteiger partial charge in [-0.2, -0.15) is 5.26 Å². The predicted molar refractivity (Wildman–Crippen MR) is 131 cm³/mol. The van der Waals surface area contributed by atoms with Crippen molar-refractivity contribution < 1.29 is 9.21 Å². The van der Waals surface area contributed by atoms with Gasteiger partial charge >= 0.3 is 0 Å². The zero-order chi connectivity index (χ0) is 22.8. The van der Waals surface area contributed by atoms with Gasteiger partial charge in [0.1, 0.15) is 17.2 Å². The van der Waals surface area contributed by atoms with Gasteiger partial charge in [-0.15, -0.1) is 0 Å². The SMILES string of the molecule is N#CC(=Cc1ccc(Cl)cc1)C(=O)Nc1ccccc1-c1nc2ccc3ccccc3c2o1. The largest absolute Gasteiger partial charge is 0.435 e. The molecule has 0 saturated heterocycles. The quantitative estimate of drug-likeness (QED) is 0.240. The summed E-state index contributed by atoms with van der Waals surface area (Å²) in [6.07, 6.45) is 1.51. The van der Waals surface area contributed by atoms with Gasteiger partial charge in [0.25, 0.3) is 5.91 Å². The third kappa shape index (κ3) is 4.08. The number of para-hydroxylation sites is 1. The summed E-state index contributed by atoms with van der Waals surface area (Å²) in [6, 6.07) is 27.9. The second-order valence-electron chi connectivity index (χ2n) is 7.38. The average Bonchev–Trinajstić information content (AvgIpc) is 3.29. The van der Waals surface area contributed by atoms with E-state index in [4.69, 9.17) is 16.0 Å². The summed E-state index contributed by atoms with van der Waals surface area (Å²) in [5, 5.41) is 15.0. The summed E-state index contributed by atoms with van der Waals surface area (Å²) in [5.41, 5.74) is 3.20. The van der Waals surface area contributed by atoms with Gasteiger partial charge in [0.2, 0.25) is 5.89 Å². The highest BCUT2D eigenvalue weighted by molar-refractivity contribution is 6.30. The van der Waals surface area contributed by atoms with Crippen molar-refractivity contribution in [2.45, 2.75) is 0 Å². The van der Waals surface area contributed by atoms with E-state index in [1.807, 2.05) is 54.6 Å². The molecule has 1 amide bonds. The molecule has 6 heteroatoms. The summed E-state index contributed by atoms with van der Waals surface area (Å²) >= 11 is 5.91. The molecule has 5 rings (SSSR count). The highest BCUT2D eigenvalue weighted by Gasteiger charge is 2.17. The molecule has 0 aliphatic heterocycles.